The van der Waals surface area contributed by atoms with Crippen LogP contribution in [0.2, 0.25) is 0 Å². The second kappa shape index (κ2) is 23.4. The fraction of sp³-hybridized carbons (Fsp3) is 0.941. The summed E-state index contributed by atoms with van der Waals surface area (Å²) in [5.41, 5.74) is 0. The molecule has 4 saturated heterocycles. The highest BCUT2D eigenvalue weighted by atomic mass is 16.8. The summed E-state index contributed by atoms with van der Waals surface area (Å²) in [5.74, 6) is -1.56. The summed E-state index contributed by atoms with van der Waals surface area (Å²) in [6, 6.07) is -3.20. The van der Waals surface area contributed by atoms with Gasteiger partial charge in [0.2, 0.25) is 11.8 Å². The van der Waals surface area contributed by atoms with E-state index in [2.05, 4.69) is 10.6 Å². The second-order valence-electron chi connectivity index (χ2n) is 15.2. The van der Waals surface area contributed by atoms with E-state index in [0.717, 1.165) is 13.8 Å². The van der Waals surface area contributed by atoms with E-state index in [4.69, 9.17) is 37.9 Å². The molecule has 0 saturated carbocycles. The number of carbonyl (C=O) groups is 2. The predicted molar refractivity (Wildman–Crippen MR) is 192 cm³/mol. The molecule has 4 fully saturated rings. The van der Waals surface area contributed by atoms with Gasteiger partial charge in [-0.15, -0.1) is 0 Å². The summed E-state index contributed by atoms with van der Waals surface area (Å²) < 4.78 is 44.5. The van der Waals surface area contributed by atoms with Crippen molar-refractivity contribution in [3.63, 3.8) is 0 Å². The van der Waals surface area contributed by atoms with Crippen LogP contribution in [0.3, 0.4) is 0 Å². The summed E-state index contributed by atoms with van der Waals surface area (Å²) in [4.78, 5) is 24.3. The number of hydrogen-bond donors (Lipinski definition) is 18. The molecule has 0 aromatic carbocycles. The highest BCUT2D eigenvalue weighted by molar-refractivity contribution is 5.73. The van der Waals surface area contributed by atoms with Crippen LogP contribution in [0.15, 0.2) is 0 Å². The first kappa shape index (κ1) is 52.6. The minimum absolute atomic E-state index is 0.759. The fourth-order valence-corrected chi connectivity index (χ4v) is 7.33. The first-order valence-electron chi connectivity index (χ1n) is 19.5. The van der Waals surface area contributed by atoms with Crippen LogP contribution in [-0.4, -0.2) is 280 Å². The van der Waals surface area contributed by atoms with E-state index in [1.807, 2.05) is 0 Å². The monoisotopic (exact) mass is 912 g/mol. The van der Waals surface area contributed by atoms with E-state index in [-0.39, 0.29) is 0 Å². The number of amides is 2. The van der Waals surface area contributed by atoms with Gasteiger partial charge in [-0.1, -0.05) is 0 Å². The molecular weight excluding hydrogens is 852 g/mol. The van der Waals surface area contributed by atoms with E-state index < -0.39 is 199 Å². The predicted octanol–water partition coefficient (Wildman–Crippen LogP) is -12.0. The lowest BCUT2D eigenvalue weighted by atomic mass is 9.95. The van der Waals surface area contributed by atoms with Crippen molar-refractivity contribution in [2.75, 3.05) is 39.6 Å². The number of aliphatic hydroxyl groups excluding tert-OH is 16. The first-order chi connectivity index (χ1) is 29.2. The molecule has 24 atom stereocenters. The van der Waals surface area contributed by atoms with Crippen LogP contribution in [-0.2, 0) is 47.5 Å². The maximum absolute atomic E-state index is 12.3. The Hall–Kier alpha value is -2.02. The molecule has 62 heavy (non-hydrogen) atoms. The van der Waals surface area contributed by atoms with Crippen LogP contribution in [0.1, 0.15) is 13.8 Å². The Morgan fingerprint density at radius 3 is 1.52 bits per heavy atom. The van der Waals surface area contributed by atoms with Crippen molar-refractivity contribution in [2.45, 2.75) is 161 Å². The van der Waals surface area contributed by atoms with Crippen LogP contribution in [0.4, 0.5) is 0 Å². The van der Waals surface area contributed by atoms with Crippen LogP contribution >= 0.6 is 0 Å². The zero-order chi connectivity index (χ0) is 46.3. The van der Waals surface area contributed by atoms with Gasteiger partial charge in [-0.3, -0.25) is 9.59 Å². The van der Waals surface area contributed by atoms with Gasteiger partial charge in [-0.05, 0) is 0 Å². The molecular formula is C34H60N2O26. The molecule has 0 radical (unpaired) electrons. The third kappa shape index (κ3) is 12.1. The Kier molecular flexibility index (Phi) is 19.9. The topological polar surface area (TPSA) is 456 Å². The summed E-state index contributed by atoms with van der Waals surface area (Å²) in [6.07, 6.45) is -41.0. The van der Waals surface area contributed by atoms with Crippen molar-refractivity contribution in [1.29, 1.82) is 0 Å². The maximum atomic E-state index is 12.3. The quantitative estimate of drug-likeness (QED) is 0.0572. The molecule has 28 heteroatoms. The summed E-state index contributed by atoms with van der Waals surface area (Å²) in [6.45, 7) is -3.50. The van der Waals surface area contributed by atoms with Gasteiger partial charge in [0.05, 0.1) is 45.7 Å². The van der Waals surface area contributed by atoms with Gasteiger partial charge >= 0.3 is 0 Å². The Balaban J connectivity index is 1.51. The molecule has 0 bridgehead atoms. The molecule has 18 N–H and O–H groups in total. The molecule has 0 aliphatic carbocycles. The van der Waals surface area contributed by atoms with Crippen molar-refractivity contribution in [1.82, 2.24) is 10.6 Å². The minimum atomic E-state index is -2.18. The Labute approximate surface area is 352 Å². The molecule has 2 amide bonds. The van der Waals surface area contributed by atoms with Crippen LogP contribution in [0.25, 0.3) is 0 Å². The van der Waals surface area contributed by atoms with Crippen LogP contribution in [0, 0.1) is 0 Å². The largest absolute Gasteiger partial charge is 0.394 e. The van der Waals surface area contributed by atoms with E-state index in [1.165, 1.54) is 0 Å². The maximum Gasteiger partial charge on any atom is 0.217 e. The molecule has 0 aromatic heterocycles. The number of hydrogen-bond acceptors (Lipinski definition) is 26. The summed E-state index contributed by atoms with van der Waals surface area (Å²) in [5, 5.41) is 172. The van der Waals surface area contributed by atoms with E-state index in [0.29, 0.717) is 0 Å². The van der Waals surface area contributed by atoms with Crippen molar-refractivity contribution in [3.05, 3.63) is 0 Å². The van der Waals surface area contributed by atoms with Crippen molar-refractivity contribution in [3.8, 4) is 0 Å². The van der Waals surface area contributed by atoms with Crippen molar-refractivity contribution >= 4 is 11.8 Å². The Morgan fingerprint density at radius 2 is 1.02 bits per heavy atom. The standard InChI is InChI=1S/C34H60N2O26/c1-9(42)35-11(3-37)28(60-32-25(52)23(50)19(46)13(4-38)56-32)18(45)12(44)8-55-31-17(36-10(2)43)22(49)29(16(7-41)59-31)61-34-27(54)30(21(48)15(6-40)58-34)62-33-26(53)24(51)20(47)14(5-39)57-33/h11-34,37-41,44-54H,3-8H2,1-2H3,(H,35,42)(H,36,43)/t11-,12+,13+,14+,15+,16+,17+,18-,19-,20-,21-,22+,23-,24-,25+,26+,27+,28+,29+,30-,31+,32-,33+,34-/m0/s1. The lowest BCUT2D eigenvalue weighted by molar-refractivity contribution is -0.376. The average molecular weight is 913 g/mol. The number of carbonyl (C=O) groups excluding carboxylic acids is 2. The van der Waals surface area contributed by atoms with Crippen LogP contribution in [0.5, 0.6) is 0 Å². The third-order valence-electron chi connectivity index (χ3n) is 10.8. The molecule has 28 nitrogen and oxygen atoms in total. The number of aliphatic hydroxyl groups is 16. The molecule has 0 aromatic rings. The van der Waals surface area contributed by atoms with Crippen molar-refractivity contribution < 1.29 is 129 Å². The van der Waals surface area contributed by atoms with Gasteiger partial charge in [0.15, 0.2) is 25.2 Å². The lowest BCUT2D eigenvalue weighted by Crippen LogP contribution is -2.68. The molecule has 4 aliphatic heterocycles. The fourth-order valence-electron chi connectivity index (χ4n) is 7.33. The molecule has 4 aliphatic rings. The summed E-state index contributed by atoms with van der Waals surface area (Å²) in [7, 11) is 0. The van der Waals surface area contributed by atoms with Gasteiger partial charge in [-0.25, -0.2) is 0 Å². The zero-order valence-electron chi connectivity index (χ0n) is 33.3. The highest BCUT2D eigenvalue weighted by Gasteiger charge is 2.55. The smallest absolute Gasteiger partial charge is 0.217 e. The minimum Gasteiger partial charge on any atom is -0.394 e. The molecule has 0 unspecified atom stereocenters. The lowest BCUT2D eigenvalue weighted by Gasteiger charge is -2.48. The van der Waals surface area contributed by atoms with Crippen LogP contribution < -0.4 is 10.6 Å². The molecule has 4 heterocycles. The SMILES string of the molecule is CC(=O)N[C@H]1[C@H](OC[C@@H](O)[C@H](O)[C@H](O[C@@H]2O[C@H](CO)[C@H](O)[C@H](O)[C@H]2O)[C@H](CO)NC(C)=O)O[C@H](CO)[C@@H](O[C@@H]2O[C@H](CO)[C@H](O)[C@H](O[C@H]3O[C@H](CO)[C@H](O)[C@H](O)[C@H]3O)[C@H]2O)[C@@H]1O. The molecule has 4 rings (SSSR count). The van der Waals surface area contributed by atoms with E-state index in [9.17, 15) is 91.3 Å². The van der Waals surface area contributed by atoms with Gasteiger partial charge in [-0.2, -0.15) is 0 Å². The van der Waals surface area contributed by atoms with Gasteiger partial charge in [0.25, 0.3) is 0 Å². The highest BCUT2D eigenvalue weighted by Crippen LogP contribution is 2.33. The average Bonchev–Trinajstić information content (AvgIpc) is 3.24. The van der Waals surface area contributed by atoms with Gasteiger partial charge < -0.3 is 130 Å². The first-order valence-corrected chi connectivity index (χ1v) is 19.5. The number of ether oxygens (including phenoxy) is 8. The zero-order valence-corrected chi connectivity index (χ0v) is 33.3. The Morgan fingerprint density at radius 1 is 0.548 bits per heavy atom. The van der Waals surface area contributed by atoms with E-state index >= 15 is 0 Å². The van der Waals surface area contributed by atoms with Crippen molar-refractivity contribution in [2.24, 2.45) is 0 Å². The molecule has 0 spiro atoms. The number of nitrogens with one attached hydrogen (secondary N) is 2. The number of rotatable bonds is 19. The summed E-state index contributed by atoms with van der Waals surface area (Å²) >= 11 is 0. The third-order valence-corrected chi connectivity index (χ3v) is 10.8. The second-order valence-corrected chi connectivity index (χ2v) is 15.2. The van der Waals surface area contributed by atoms with Gasteiger partial charge in [0, 0.05) is 13.8 Å². The molecule has 362 valence electrons. The normalized spacial score (nSPS) is 43.6. The Bertz CT molecular complexity index is 1390. The van der Waals surface area contributed by atoms with Gasteiger partial charge in [0.1, 0.15) is 116 Å². The van der Waals surface area contributed by atoms with E-state index in [1.54, 1.807) is 0 Å².